The van der Waals surface area contributed by atoms with Crippen LogP contribution in [-0.4, -0.2) is 59.0 Å². The first-order chi connectivity index (χ1) is 19.3. The maximum atomic E-state index is 14.0. The number of halogens is 3. The highest BCUT2D eigenvalue weighted by molar-refractivity contribution is 9.10. The van der Waals surface area contributed by atoms with Crippen molar-refractivity contribution in [1.29, 1.82) is 0 Å². The molecule has 0 radical (unpaired) electrons. The number of ether oxygens (including phenoxy) is 1. The number of nitrogens with zero attached hydrogens (tertiary/aromatic N) is 3. The first kappa shape index (κ1) is 32.1. The number of likely N-dealkylation sites (N-methyl/N-ethyl adjacent to an activating group) is 1. The number of benzene rings is 2. The normalized spacial score (nSPS) is 14.6. The Morgan fingerprint density at radius 1 is 1.02 bits per heavy atom. The molecule has 1 aliphatic carbocycles. The van der Waals surface area contributed by atoms with Crippen LogP contribution in [0.25, 0.3) is 10.9 Å². The van der Waals surface area contributed by atoms with Crippen LogP contribution < -0.4 is 0 Å². The second-order valence-electron chi connectivity index (χ2n) is 12.2. The molecule has 1 fully saturated rings. The van der Waals surface area contributed by atoms with Crippen LogP contribution in [0.5, 0.6) is 0 Å². The molecule has 1 amide bonds. The number of hydrogen-bond acceptors (Lipinski definition) is 4. The summed E-state index contributed by atoms with van der Waals surface area (Å²) < 4.78 is 9.54. The van der Waals surface area contributed by atoms with E-state index in [0.29, 0.717) is 29.6 Å². The molecule has 4 rings (SSSR count). The highest BCUT2D eigenvalue weighted by Gasteiger charge is 2.28. The Balaban J connectivity index is 1.74. The summed E-state index contributed by atoms with van der Waals surface area (Å²) in [5.74, 6) is 0.0398. The second kappa shape index (κ2) is 13.6. The van der Waals surface area contributed by atoms with E-state index < -0.39 is 5.60 Å². The predicted octanol–water partition coefficient (Wildman–Crippen LogP) is 8.41. The molecule has 9 heteroatoms. The zero-order chi connectivity index (χ0) is 29.9. The van der Waals surface area contributed by atoms with Crippen molar-refractivity contribution in [2.45, 2.75) is 77.5 Å². The molecule has 0 unspecified atom stereocenters. The summed E-state index contributed by atoms with van der Waals surface area (Å²) in [7, 11) is 4.01. The maximum Gasteiger partial charge on any atom is 0.338 e. The van der Waals surface area contributed by atoms with Crippen molar-refractivity contribution < 1.29 is 14.3 Å². The van der Waals surface area contributed by atoms with Crippen molar-refractivity contribution in [2.75, 3.05) is 27.2 Å². The Morgan fingerprint density at radius 2 is 1.73 bits per heavy atom. The predicted molar refractivity (Wildman–Crippen MR) is 174 cm³/mol. The number of esters is 1. The molecule has 41 heavy (non-hydrogen) atoms. The number of fused-ring (bicyclic) bond motifs is 1. The number of aromatic nitrogens is 1. The van der Waals surface area contributed by atoms with E-state index in [9.17, 15) is 9.59 Å². The lowest BCUT2D eigenvalue weighted by Gasteiger charge is -2.26. The monoisotopic (exact) mass is 707 g/mol. The standard InChI is InChI=1S/C32H40Br2ClN3O3/c1-32(2,3)41-31(40)22-11-13-25-27(18-22)38(30(34)29(25)21-9-7-6-8-10-21)20-28(39)37(16-15-36(4)5)19-23-17-24(35)12-14-26(23)33/h11-14,17-18,21H,6-10,15-16,19-20H2,1-5H3. The van der Waals surface area contributed by atoms with E-state index in [-0.39, 0.29) is 18.4 Å². The summed E-state index contributed by atoms with van der Waals surface area (Å²) in [6.07, 6.45) is 5.90. The summed E-state index contributed by atoms with van der Waals surface area (Å²) in [4.78, 5) is 31.0. The van der Waals surface area contributed by atoms with Crippen LogP contribution in [0.15, 0.2) is 45.5 Å². The van der Waals surface area contributed by atoms with Crippen molar-refractivity contribution in [3.8, 4) is 0 Å². The van der Waals surface area contributed by atoms with Crippen LogP contribution >= 0.6 is 43.5 Å². The summed E-state index contributed by atoms with van der Waals surface area (Å²) in [6, 6.07) is 11.4. The van der Waals surface area contributed by atoms with Gasteiger partial charge in [-0.25, -0.2) is 4.79 Å². The Hall–Kier alpha value is -1.87. The zero-order valence-corrected chi connectivity index (χ0v) is 28.5. The Kier molecular flexibility index (Phi) is 10.6. The summed E-state index contributed by atoms with van der Waals surface area (Å²) in [6.45, 7) is 7.47. The highest BCUT2D eigenvalue weighted by Crippen LogP contribution is 2.42. The first-order valence-electron chi connectivity index (χ1n) is 14.3. The van der Waals surface area contributed by atoms with Gasteiger partial charge in [0.15, 0.2) is 0 Å². The van der Waals surface area contributed by atoms with Crippen LogP contribution in [0.4, 0.5) is 0 Å². The molecule has 1 aliphatic rings. The molecule has 222 valence electrons. The number of carbonyl (C=O) groups excluding carboxylic acids is 2. The SMILES string of the molecule is CN(C)CCN(Cc1cc(Cl)ccc1Br)C(=O)Cn1c(Br)c(C2CCCCC2)c2ccc(C(=O)OC(C)(C)C)cc21. The summed E-state index contributed by atoms with van der Waals surface area (Å²) >= 11 is 13.8. The van der Waals surface area contributed by atoms with Gasteiger partial charge in [0.25, 0.3) is 0 Å². The largest absolute Gasteiger partial charge is 0.456 e. The Morgan fingerprint density at radius 3 is 2.39 bits per heavy atom. The van der Waals surface area contributed by atoms with Gasteiger partial charge >= 0.3 is 5.97 Å². The zero-order valence-electron chi connectivity index (χ0n) is 24.6. The van der Waals surface area contributed by atoms with Crippen LogP contribution in [0.2, 0.25) is 5.02 Å². The number of carbonyl (C=O) groups is 2. The number of hydrogen-bond donors (Lipinski definition) is 0. The molecular formula is C32H40Br2ClN3O3. The minimum absolute atomic E-state index is 0.00538. The van der Waals surface area contributed by atoms with Gasteiger partial charge in [-0.05, 0) is 111 Å². The lowest BCUT2D eigenvalue weighted by Crippen LogP contribution is -2.38. The van der Waals surface area contributed by atoms with E-state index >= 15 is 0 Å². The van der Waals surface area contributed by atoms with Gasteiger partial charge in [-0.15, -0.1) is 0 Å². The van der Waals surface area contributed by atoms with Gasteiger partial charge in [-0.2, -0.15) is 0 Å². The number of rotatable bonds is 9. The van der Waals surface area contributed by atoms with Crippen molar-refractivity contribution in [3.05, 3.63) is 67.2 Å². The lowest BCUT2D eigenvalue weighted by molar-refractivity contribution is -0.132. The molecular weight excluding hydrogens is 670 g/mol. The van der Waals surface area contributed by atoms with Gasteiger partial charge in [0.05, 0.1) is 15.7 Å². The van der Waals surface area contributed by atoms with Gasteiger partial charge in [-0.3, -0.25) is 4.79 Å². The molecule has 0 spiro atoms. The molecule has 2 aromatic carbocycles. The van der Waals surface area contributed by atoms with E-state index in [4.69, 9.17) is 16.3 Å². The molecule has 6 nitrogen and oxygen atoms in total. The molecule has 1 aromatic heterocycles. The third-order valence-electron chi connectivity index (χ3n) is 7.52. The van der Waals surface area contributed by atoms with Gasteiger partial charge in [0.2, 0.25) is 5.91 Å². The fraction of sp³-hybridized carbons (Fsp3) is 0.500. The van der Waals surface area contributed by atoms with Crippen molar-refractivity contribution >= 4 is 66.2 Å². The molecule has 0 aliphatic heterocycles. The highest BCUT2D eigenvalue weighted by atomic mass is 79.9. The molecule has 0 N–H and O–H groups in total. The minimum Gasteiger partial charge on any atom is -0.456 e. The molecule has 0 atom stereocenters. The van der Waals surface area contributed by atoms with E-state index in [2.05, 4.69) is 36.8 Å². The number of amides is 1. The Bertz CT molecular complexity index is 1410. The maximum absolute atomic E-state index is 14.0. The smallest absolute Gasteiger partial charge is 0.338 e. The fourth-order valence-corrected chi connectivity index (χ4v) is 6.88. The average Bonchev–Trinajstić information content (AvgIpc) is 3.18. The summed E-state index contributed by atoms with van der Waals surface area (Å²) in [5.41, 5.74) is 2.94. The van der Waals surface area contributed by atoms with Gasteiger partial charge in [0.1, 0.15) is 12.1 Å². The minimum atomic E-state index is -0.598. The topological polar surface area (TPSA) is 54.8 Å². The molecule has 1 saturated carbocycles. The molecule has 3 aromatic rings. The van der Waals surface area contributed by atoms with E-state index in [0.717, 1.165) is 44.9 Å². The van der Waals surface area contributed by atoms with Crippen molar-refractivity contribution in [1.82, 2.24) is 14.4 Å². The van der Waals surface area contributed by atoms with Crippen LogP contribution in [0.3, 0.4) is 0 Å². The van der Waals surface area contributed by atoms with Gasteiger partial charge in [0, 0.05) is 34.5 Å². The average molecular weight is 710 g/mol. The first-order valence-corrected chi connectivity index (χ1v) is 16.2. The molecule has 0 bridgehead atoms. The van der Waals surface area contributed by atoms with Gasteiger partial charge < -0.3 is 19.1 Å². The third-order valence-corrected chi connectivity index (χ3v) is 9.38. The molecule has 1 heterocycles. The van der Waals surface area contributed by atoms with Crippen LogP contribution in [0, 0.1) is 0 Å². The summed E-state index contributed by atoms with van der Waals surface area (Å²) in [5, 5.41) is 1.72. The van der Waals surface area contributed by atoms with Crippen molar-refractivity contribution in [2.24, 2.45) is 0 Å². The van der Waals surface area contributed by atoms with E-state index in [1.165, 1.54) is 24.8 Å². The van der Waals surface area contributed by atoms with E-state index in [1.807, 2.05) is 80.7 Å². The van der Waals surface area contributed by atoms with Crippen LogP contribution in [-0.2, 0) is 22.6 Å². The molecule has 0 saturated heterocycles. The fourth-order valence-electron chi connectivity index (χ4n) is 5.46. The Labute approximate surface area is 265 Å². The third kappa shape index (κ3) is 8.15. The quantitative estimate of drug-likeness (QED) is 0.210. The van der Waals surface area contributed by atoms with Gasteiger partial charge in [-0.1, -0.05) is 52.9 Å². The van der Waals surface area contributed by atoms with E-state index in [1.54, 1.807) is 0 Å². The van der Waals surface area contributed by atoms with Crippen molar-refractivity contribution in [3.63, 3.8) is 0 Å². The van der Waals surface area contributed by atoms with Crippen LogP contribution in [0.1, 0.15) is 80.3 Å². The second-order valence-corrected chi connectivity index (χ2v) is 14.3. The lowest BCUT2D eigenvalue weighted by atomic mass is 9.84.